The summed E-state index contributed by atoms with van der Waals surface area (Å²) in [6.07, 6.45) is 1.82. The second kappa shape index (κ2) is 9.08. The number of carbonyl (C=O) groups is 1. The monoisotopic (exact) mass is 437 g/mol. The van der Waals surface area contributed by atoms with Crippen molar-refractivity contribution < 1.29 is 13.2 Å². The first-order chi connectivity index (χ1) is 14.9. The lowest BCUT2D eigenvalue weighted by molar-refractivity contribution is -0.120. The Kier molecular flexibility index (Phi) is 6.25. The molecule has 3 aromatic rings. The minimum absolute atomic E-state index is 0.107. The molecule has 2 N–H and O–H groups in total. The number of nitrogens with one attached hydrogen (secondary N) is 2. The van der Waals surface area contributed by atoms with Crippen LogP contribution < -0.4 is 10.6 Å². The van der Waals surface area contributed by atoms with E-state index in [0.717, 1.165) is 23.8 Å². The Hall–Kier alpha value is -2.90. The van der Waals surface area contributed by atoms with E-state index in [0.29, 0.717) is 18.8 Å². The smallest absolute Gasteiger partial charge is 0.243 e. The standard InChI is InChI=1S/C24H27N3O3S/c1-18(20-9-8-19-6-2-3-7-21(19)16-20)26-24(28)17-25-22-10-12-23(13-11-22)31(29,30)27-14-4-5-15-27/h2-3,6-13,16,18,25H,4-5,14-15,17H2,1H3,(H,26,28). The van der Waals surface area contributed by atoms with E-state index in [1.807, 2.05) is 25.1 Å². The van der Waals surface area contributed by atoms with Gasteiger partial charge in [0.05, 0.1) is 17.5 Å². The number of carbonyl (C=O) groups excluding carboxylic acids is 1. The van der Waals surface area contributed by atoms with Crippen molar-refractivity contribution in [1.82, 2.24) is 9.62 Å². The Labute approximate surface area is 183 Å². The second-order valence-electron chi connectivity index (χ2n) is 7.88. The largest absolute Gasteiger partial charge is 0.376 e. The average Bonchev–Trinajstić information content (AvgIpc) is 3.33. The fourth-order valence-corrected chi connectivity index (χ4v) is 5.37. The van der Waals surface area contributed by atoms with Crippen molar-refractivity contribution in [2.75, 3.05) is 25.0 Å². The Morgan fingerprint density at radius 2 is 1.65 bits per heavy atom. The first kappa shape index (κ1) is 21.3. The number of amides is 1. The van der Waals surface area contributed by atoms with Crippen LogP contribution >= 0.6 is 0 Å². The first-order valence-corrected chi connectivity index (χ1v) is 12.0. The highest BCUT2D eigenvalue weighted by Crippen LogP contribution is 2.22. The summed E-state index contributed by atoms with van der Waals surface area (Å²) in [5.74, 6) is -0.130. The van der Waals surface area contributed by atoms with E-state index in [9.17, 15) is 13.2 Å². The average molecular weight is 438 g/mol. The van der Waals surface area contributed by atoms with Crippen molar-refractivity contribution >= 4 is 32.4 Å². The maximum Gasteiger partial charge on any atom is 0.243 e. The molecule has 0 aliphatic carbocycles. The van der Waals surface area contributed by atoms with Gasteiger partial charge in [-0.15, -0.1) is 0 Å². The zero-order valence-electron chi connectivity index (χ0n) is 17.5. The highest BCUT2D eigenvalue weighted by molar-refractivity contribution is 7.89. The molecule has 3 aromatic carbocycles. The van der Waals surface area contributed by atoms with Gasteiger partial charge in [-0.05, 0) is 66.4 Å². The van der Waals surface area contributed by atoms with Crippen LogP contribution in [-0.2, 0) is 14.8 Å². The van der Waals surface area contributed by atoms with E-state index < -0.39 is 10.0 Å². The number of anilines is 1. The molecule has 1 amide bonds. The molecular weight excluding hydrogens is 410 g/mol. The summed E-state index contributed by atoms with van der Waals surface area (Å²) in [6.45, 7) is 3.23. The predicted octanol–water partition coefficient (Wildman–Crippen LogP) is 3.91. The number of nitrogens with zero attached hydrogens (tertiary/aromatic N) is 1. The molecule has 1 fully saturated rings. The van der Waals surface area contributed by atoms with E-state index in [1.165, 1.54) is 9.69 Å². The van der Waals surface area contributed by atoms with Crippen molar-refractivity contribution in [2.24, 2.45) is 0 Å². The second-order valence-corrected chi connectivity index (χ2v) is 9.82. The van der Waals surface area contributed by atoms with Gasteiger partial charge in [0.15, 0.2) is 0 Å². The third-order valence-corrected chi connectivity index (χ3v) is 7.57. The minimum atomic E-state index is -3.42. The van der Waals surface area contributed by atoms with Gasteiger partial charge >= 0.3 is 0 Å². The van der Waals surface area contributed by atoms with Gasteiger partial charge in [-0.25, -0.2) is 8.42 Å². The van der Waals surface area contributed by atoms with Gasteiger partial charge in [0.25, 0.3) is 0 Å². The molecule has 0 aromatic heterocycles. The molecule has 1 atom stereocenters. The number of fused-ring (bicyclic) bond motifs is 1. The summed E-state index contributed by atoms with van der Waals surface area (Å²) in [5, 5.41) is 8.37. The molecule has 0 saturated carbocycles. The summed E-state index contributed by atoms with van der Waals surface area (Å²) in [7, 11) is -3.42. The van der Waals surface area contributed by atoms with Crippen LogP contribution in [0.2, 0.25) is 0 Å². The van der Waals surface area contributed by atoms with Gasteiger partial charge in [0, 0.05) is 18.8 Å². The number of benzene rings is 3. The third-order valence-electron chi connectivity index (χ3n) is 5.66. The molecule has 1 heterocycles. The fraction of sp³-hybridized carbons (Fsp3) is 0.292. The maximum absolute atomic E-state index is 12.6. The zero-order valence-corrected chi connectivity index (χ0v) is 18.4. The normalized spacial score (nSPS) is 15.6. The maximum atomic E-state index is 12.6. The number of hydrogen-bond donors (Lipinski definition) is 2. The number of sulfonamides is 1. The highest BCUT2D eigenvalue weighted by atomic mass is 32.2. The first-order valence-electron chi connectivity index (χ1n) is 10.6. The van der Waals surface area contributed by atoms with Crippen LogP contribution in [-0.4, -0.2) is 38.3 Å². The van der Waals surface area contributed by atoms with E-state index in [1.54, 1.807) is 24.3 Å². The van der Waals surface area contributed by atoms with Crippen LogP contribution in [0.5, 0.6) is 0 Å². The molecule has 0 radical (unpaired) electrons. The van der Waals surface area contributed by atoms with E-state index >= 15 is 0 Å². The summed E-state index contributed by atoms with van der Waals surface area (Å²) >= 11 is 0. The van der Waals surface area contributed by atoms with Gasteiger partial charge in [0.2, 0.25) is 15.9 Å². The van der Waals surface area contributed by atoms with Crippen molar-refractivity contribution in [3.8, 4) is 0 Å². The van der Waals surface area contributed by atoms with Gasteiger partial charge in [-0.2, -0.15) is 4.31 Å². The lowest BCUT2D eigenvalue weighted by atomic mass is 10.0. The van der Waals surface area contributed by atoms with Crippen LogP contribution in [0.25, 0.3) is 10.8 Å². The molecule has 1 unspecified atom stereocenters. The SMILES string of the molecule is CC(NC(=O)CNc1ccc(S(=O)(=O)N2CCCC2)cc1)c1ccc2ccccc2c1. The van der Waals surface area contributed by atoms with E-state index in [2.05, 4.69) is 34.9 Å². The summed E-state index contributed by atoms with van der Waals surface area (Å²) in [4.78, 5) is 12.7. The van der Waals surface area contributed by atoms with Crippen molar-refractivity contribution in [3.63, 3.8) is 0 Å². The fourth-order valence-electron chi connectivity index (χ4n) is 3.86. The van der Waals surface area contributed by atoms with Crippen LogP contribution in [0.4, 0.5) is 5.69 Å². The van der Waals surface area contributed by atoms with Crippen molar-refractivity contribution in [2.45, 2.75) is 30.7 Å². The lowest BCUT2D eigenvalue weighted by Crippen LogP contribution is -2.32. The Morgan fingerprint density at radius 3 is 2.35 bits per heavy atom. The van der Waals surface area contributed by atoms with E-state index in [4.69, 9.17) is 0 Å². The van der Waals surface area contributed by atoms with Crippen molar-refractivity contribution in [3.05, 3.63) is 72.3 Å². The molecule has 4 rings (SSSR count). The lowest BCUT2D eigenvalue weighted by Gasteiger charge is -2.17. The number of hydrogen-bond acceptors (Lipinski definition) is 4. The third kappa shape index (κ3) is 4.89. The molecule has 31 heavy (non-hydrogen) atoms. The molecule has 1 aliphatic rings. The van der Waals surface area contributed by atoms with Crippen LogP contribution in [0.3, 0.4) is 0 Å². The van der Waals surface area contributed by atoms with Crippen LogP contribution in [0.1, 0.15) is 31.4 Å². The van der Waals surface area contributed by atoms with Gasteiger partial charge in [-0.3, -0.25) is 4.79 Å². The predicted molar refractivity (Wildman–Crippen MR) is 123 cm³/mol. The van der Waals surface area contributed by atoms with E-state index in [-0.39, 0.29) is 23.4 Å². The Balaban J connectivity index is 1.32. The van der Waals surface area contributed by atoms with Gasteiger partial charge in [-0.1, -0.05) is 36.4 Å². The van der Waals surface area contributed by atoms with Crippen LogP contribution in [0.15, 0.2) is 71.6 Å². The topological polar surface area (TPSA) is 78.5 Å². The molecule has 162 valence electrons. The van der Waals surface area contributed by atoms with Gasteiger partial charge < -0.3 is 10.6 Å². The molecule has 1 aliphatic heterocycles. The summed E-state index contributed by atoms with van der Waals surface area (Å²) in [6, 6.07) is 20.8. The molecular formula is C24H27N3O3S. The summed E-state index contributed by atoms with van der Waals surface area (Å²) in [5.41, 5.74) is 1.75. The Bertz CT molecular complexity index is 1170. The molecule has 1 saturated heterocycles. The van der Waals surface area contributed by atoms with Crippen LogP contribution in [0, 0.1) is 0 Å². The zero-order chi connectivity index (χ0) is 21.8. The highest BCUT2D eigenvalue weighted by Gasteiger charge is 2.26. The molecule has 6 nitrogen and oxygen atoms in total. The number of rotatable bonds is 7. The molecule has 0 bridgehead atoms. The van der Waals surface area contributed by atoms with Crippen molar-refractivity contribution in [1.29, 1.82) is 0 Å². The Morgan fingerprint density at radius 1 is 0.968 bits per heavy atom. The van der Waals surface area contributed by atoms with Gasteiger partial charge in [0.1, 0.15) is 0 Å². The minimum Gasteiger partial charge on any atom is -0.376 e. The molecule has 0 spiro atoms. The quantitative estimate of drug-likeness (QED) is 0.587. The summed E-state index contributed by atoms with van der Waals surface area (Å²) < 4.78 is 26.7. The molecule has 7 heteroatoms.